The van der Waals surface area contributed by atoms with E-state index in [1.54, 1.807) is 6.08 Å². The van der Waals surface area contributed by atoms with E-state index in [9.17, 15) is 9.59 Å². The molecule has 1 unspecified atom stereocenters. The second kappa shape index (κ2) is 7.93. The van der Waals surface area contributed by atoms with Crippen molar-refractivity contribution < 1.29 is 14.7 Å². The topological polar surface area (TPSA) is 66.4 Å². The van der Waals surface area contributed by atoms with Crippen LogP contribution in [0.25, 0.3) is 0 Å². The number of hydrogen-bond donors (Lipinski definition) is 2. The van der Waals surface area contributed by atoms with Crippen LogP contribution in [-0.2, 0) is 16.0 Å². The predicted molar refractivity (Wildman–Crippen MR) is 81.9 cm³/mol. The summed E-state index contributed by atoms with van der Waals surface area (Å²) in [7, 11) is 0. The van der Waals surface area contributed by atoms with E-state index in [2.05, 4.69) is 34.5 Å². The highest BCUT2D eigenvalue weighted by Crippen LogP contribution is 2.10. The zero-order valence-corrected chi connectivity index (χ0v) is 12.6. The van der Waals surface area contributed by atoms with Gasteiger partial charge in [0.15, 0.2) is 0 Å². The highest BCUT2D eigenvalue weighted by Gasteiger charge is 2.19. The minimum Gasteiger partial charge on any atom is -0.480 e. The first-order valence-electron chi connectivity index (χ1n) is 5.90. The Kier molecular flexibility index (Phi) is 6.55. The van der Waals surface area contributed by atoms with Crippen LogP contribution < -0.4 is 5.32 Å². The van der Waals surface area contributed by atoms with Crippen LogP contribution in [0.3, 0.4) is 0 Å². The highest BCUT2D eigenvalue weighted by atomic mass is 127. The molecule has 0 aliphatic heterocycles. The van der Waals surface area contributed by atoms with Gasteiger partial charge in [-0.2, -0.15) is 0 Å². The van der Waals surface area contributed by atoms with Gasteiger partial charge in [0.05, 0.1) is 0 Å². The molecule has 0 saturated carbocycles. The lowest BCUT2D eigenvalue weighted by atomic mass is 10.1. The van der Waals surface area contributed by atoms with E-state index in [1.165, 1.54) is 0 Å². The fraction of sp³-hybridized carbons (Fsp3) is 0.286. The Morgan fingerprint density at radius 2 is 2.21 bits per heavy atom. The number of carboxylic acids is 1. The van der Waals surface area contributed by atoms with Crippen LogP contribution in [0.5, 0.6) is 0 Å². The number of carbonyl (C=O) groups is 2. The number of amides is 1. The molecule has 0 fully saturated rings. The Bertz CT molecular complexity index is 474. The SMILES string of the molecule is C=CCCC(=O)NC(Cc1cccc(I)c1)C(=O)O. The van der Waals surface area contributed by atoms with E-state index in [1.807, 2.05) is 24.3 Å². The number of hydrogen-bond acceptors (Lipinski definition) is 2. The summed E-state index contributed by atoms with van der Waals surface area (Å²) in [6.07, 6.45) is 2.72. The largest absolute Gasteiger partial charge is 0.480 e. The highest BCUT2D eigenvalue weighted by molar-refractivity contribution is 14.1. The lowest BCUT2D eigenvalue weighted by Gasteiger charge is -2.14. The van der Waals surface area contributed by atoms with Crippen LogP contribution in [0.15, 0.2) is 36.9 Å². The van der Waals surface area contributed by atoms with E-state index >= 15 is 0 Å². The van der Waals surface area contributed by atoms with Crippen molar-refractivity contribution in [2.24, 2.45) is 0 Å². The fourth-order valence-corrected chi connectivity index (χ4v) is 2.21. The van der Waals surface area contributed by atoms with Crippen molar-refractivity contribution in [2.75, 3.05) is 0 Å². The lowest BCUT2D eigenvalue weighted by molar-refractivity contribution is -0.141. The summed E-state index contributed by atoms with van der Waals surface area (Å²) in [5, 5.41) is 11.7. The molecule has 5 heteroatoms. The number of nitrogens with one attached hydrogen (secondary N) is 1. The number of rotatable bonds is 7. The molecule has 0 saturated heterocycles. The summed E-state index contributed by atoms with van der Waals surface area (Å²) in [6, 6.07) is 6.67. The monoisotopic (exact) mass is 373 g/mol. The van der Waals surface area contributed by atoms with Crippen molar-refractivity contribution >= 4 is 34.5 Å². The van der Waals surface area contributed by atoms with Gasteiger partial charge in [-0.15, -0.1) is 6.58 Å². The first kappa shape index (κ1) is 15.7. The molecule has 0 aromatic heterocycles. The number of aliphatic carboxylic acids is 1. The average molecular weight is 373 g/mol. The molecule has 1 atom stereocenters. The van der Waals surface area contributed by atoms with Crippen molar-refractivity contribution in [3.8, 4) is 0 Å². The molecular weight excluding hydrogens is 357 g/mol. The van der Waals surface area contributed by atoms with Crippen LogP contribution in [0.1, 0.15) is 18.4 Å². The summed E-state index contributed by atoms with van der Waals surface area (Å²) in [5.41, 5.74) is 0.892. The third-order valence-corrected chi connectivity index (χ3v) is 3.21. The Balaban J connectivity index is 2.65. The van der Waals surface area contributed by atoms with Gasteiger partial charge in [0.1, 0.15) is 6.04 Å². The summed E-state index contributed by atoms with van der Waals surface area (Å²) in [4.78, 5) is 22.7. The summed E-state index contributed by atoms with van der Waals surface area (Å²) in [6.45, 7) is 3.53. The number of halogens is 1. The van der Waals surface area contributed by atoms with Gasteiger partial charge in [0.2, 0.25) is 5.91 Å². The molecule has 0 radical (unpaired) electrons. The number of benzene rings is 1. The molecule has 19 heavy (non-hydrogen) atoms. The molecule has 1 aromatic carbocycles. The van der Waals surface area contributed by atoms with Crippen LogP contribution in [0.4, 0.5) is 0 Å². The Labute approximate surface area is 126 Å². The number of allylic oxidation sites excluding steroid dienone is 1. The average Bonchev–Trinajstić information content (AvgIpc) is 2.35. The molecule has 102 valence electrons. The van der Waals surface area contributed by atoms with Gasteiger partial charge in [-0.05, 0) is 46.7 Å². The Hall–Kier alpha value is -1.37. The van der Waals surface area contributed by atoms with Gasteiger partial charge in [-0.3, -0.25) is 4.79 Å². The van der Waals surface area contributed by atoms with Crippen molar-refractivity contribution in [3.05, 3.63) is 46.1 Å². The van der Waals surface area contributed by atoms with Crippen molar-refractivity contribution in [2.45, 2.75) is 25.3 Å². The molecule has 1 amide bonds. The molecular formula is C14H16INO3. The van der Waals surface area contributed by atoms with Gasteiger partial charge >= 0.3 is 5.97 Å². The molecule has 1 aromatic rings. The number of carboxylic acid groups (broad SMARTS) is 1. The predicted octanol–water partition coefficient (Wildman–Crippen LogP) is 2.37. The molecule has 0 heterocycles. The fourth-order valence-electron chi connectivity index (χ4n) is 1.60. The maximum absolute atomic E-state index is 11.6. The van der Waals surface area contributed by atoms with E-state index in [4.69, 9.17) is 5.11 Å². The maximum Gasteiger partial charge on any atom is 0.326 e. The summed E-state index contributed by atoms with van der Waals surface area (Å²) < 4.78 is 1.04. The van der Waals surface area contributed by atoms with E-state index in [0.29, 0.717) is 6.42 Å². The van der Waals surface area contributed by atoms with Crippen molar-refractivity contribution in [1.82, 2.24) is 5.32 Å². The van der Waals surface area contributed by atoms with Gasteiger partial charge in [0.25, 0.3) is 0 Å². The van der Waals surface area contributed by atoms with E-state index in [-0.39, 0.29) is 18.7 Å². The second-order valence-electron chi connectivity index (χ2n) is 4.12. The molecule has 4 nitrogen and oxygen atoms in total. The maximum atomic E-state index is 11.6. The van der Waals surface area contributed by atoms with Crippen LogP contribution in [0.2, 0.25) is 0 Å². The molecule has 0 bridgehead atoms. The zero-order valence-electron chi connectivity index (χ0n) is 10.4. The van der Waals surface area contributed by atoms with Crippen LogP contribution in [-0.4, -0.2) is 23.0 Å². The minimum atomic E-state index is -1.02. The zero-order chi connectivity index (χ0) is 14.3. The lowest BCUT2D eigenvalue weighted by Crippen LogP contribution is -2.42. The quantitative estimate of drug-likeness (QED) is 0.570. The van der Waals surface area contributed by atoms with E-state index < -0.39 is 12.0 Å². The molecule has 0 aliphatic rings. The smallest absolute Gasteiger partial charge is 0.326 e. The van der Waals surface area contributed by atoms with Crippen molar-refractivity contribution in [3.63, 3.8) is 0 Å². The van der Waals surface area contributed by atoms with Gasteiger partial charge < -0.3 is 10.4 Å². The Morgan fingerprint density at radius 1 is 1.47 bits per heavy atom. The second-order valence-corrected chi connectivity index (χ2v) is 5.37. The summed E-state index contributed by atoms with van der Waals surface area (Å²) >= 11 is 2.17. The standard InChI is InChI=1S/C14H16INO3/c1-2-3-7-13(17)16-12(14(18)19)9-10-5-4-6-11(15)8-10/h2,4-6,8,12H,1,3,7,9H2,(H,16,17)(H,18,19). The van der Waals surface area contributed by atoms with Crippen LogP contribution in [0, 0.1) is 3.57 Å². The van der Waals surface area contributed by atoms with Gasteiger partial charge in [-0.1, -0.05) is 18.2 Å². The van der Waals surface area contributed by atoms with Crippen LogP contribution >= 0.6 is 22.6 Å². The number of carbonyl (C=O) groups excluding carboxylic acids is 1. The molecule has 0 aliphatic carbocycles. The van der Waals surface area contributed by atoms with Gasteiger partial charge in [0, 0.05) is 16.4 Å². The third kappa shape index (κ3) is 5.87. The summed E-state index contributed by atoms with van der Waals surface area (Å²) in [5.74, 6) is -1.29. The van der Waals surface area contributed by atoms with Crippen molar-refractivity contribution in [1.29, 1.82) is 0 Å². The first-order valence-corrected chi connectivity index (χ1v) is 6.98. The Morgan fingerprint density at radius 3 is 2.79 bits per heavy atom. The normalized spacial score (nSPS) is 11.6. The van der Waals surface area contributed by atoms with E-state index in [0.717, 1.165) is 9.13 Å². The molecule has 2 N–H and O–H groups in total. The third-order valence-electron chi connectivity index (χ3n) is 2.54. The molecule has 0 spiro atoms. The first-order chi connectivity index (χ1) is 9.02. The van der Waals surface area contributed by atoms with Gasteiger partial charge in [-0.25, -0.2) is 4.79 Å². The minimum absolute atomic E-state index is 0.263. The molecule has 1 rings (SSSR count).